The molecule has 3 aromatic carbocycles. The average molecular weight is 435 g/mol. The summed E-state index contributed by atoms with van der Waals surface area (Å²) in [5.74, 6) is 0.0316. The van der Waals surface area contributed by atoms with E-state index in [0.717, 1.165) is 17.7 Å². The molecule has 0 aromatic heterocycles. The molecule has 2 aliphatic rings. The Bertz CT molecular complexity index is 1140. The van der Waals surface area contributed by atoms with Gasteiger partial charge in [-0.05, 0) is 30.5 Å². The second-order valence-corrected chi connectivity index (χ2v) is 9.41. The van der Waals surface area contributed by atoms with Crippen LogP contribution < -0.4 is 0 Å². The van der Waals surface area contributed by atoms with Crippen molar-refractivity contribution in [1.29, 1.82) is 0 Å². The monoisotopic (exact) mass is 434 g/mol. The number of carbonyl (C=O) groups excluding carboxylic acids is 1. The third kappa shape index (κ3) is 4.35. The van der Waals surface area contributed by atoms with E-state index in [1.54, 1.807) is 0 Å². The Balaban J connectivity index is 1.67. The van der Waals surface area contributed by atoms with Crippen LogP contribution in [0.4, 0.5) is 0 Å². The number of Topliss-reactive ketones (excluding diaryl/α,β-unsaturated/α-hetero) is 1. The highest BCUT2D eigenvalue weighted by Crippen LogP contribution is 2.40. The number of hydrogen-bond acceptors (Lipinski definition) is 1. The topological polar surface area (TPSA) is 20.1 Å². The molecule has 0 bridgehead atoms. The summed E-state index contributed by atoms with van der Waals surface area (Å²) in [6, 6.07) is 31.4. The first-order valence-corrected chi connectivity index (χ1v) is 12.3. The van der Waals surface area contributed by atoms with Gasteiger partial charge in [0.15, 0.2) is 18.4 Å². The fourth-order valence-electron chi connectivity index (χ4n) is 5.80. The first kappa shape index (κ1) is 21.6. The van der Waals surface area contributed by atoms with Crippen LogP contribution >= 0.6 is 0 Å². The Labute approximate surface area is 197 Å². The summed E-state index contributed by atoms with van der Waals surface area (Å²) in [4.78, 5) is 13.9. The molecule has 0 spiro atoms. The van der Waals surface area contributed by atoms with Gasteiger partial charge in [-0.15, -0.1) is 0 Å². The van der Waals surface area contributed by atoms with Crippen LogP contribution in [0.5, 0.6) is 0 Å². The van der Waals surface area contributed by atoms with E-state index in [-0.39, 0.29) is 17.6 Å². The lowest BCUT2D eigenvalue weighted by molar-refractivity contribution is -0.576. The Kier molecular flexibility index (Phi) is 6.35. The zero-order valence-corrected chi connectivity index (χ0v) is 19.2. The van der Waals surface area contributed by atoms with Crippen molar-refractivity contribution in [3.05, 3.63) is 120 Å². The molecule has 2 nitrogen and oxygen atoms in total. The fourth-order valence-corrected chi connectivity index (χ4v) is 5.80. The highest BCUT2D eigenvalue weighted by atomic mass is 16.1. The fraction of sp³-hybridized carbons (Fsp3) is 0.290. The maximum absolute atomic E-state index is 13.9. The van der Waals surface area contributed by atoms with E-state index in [2.05, 4.69) is 65.8 Å². The maximum atomic E-state index is 13.9. The van der Waals surface area contributed by atoms with Crippen molar-refractivity contribution in [2.45, 2.75) is 44.1 Å². The Morgan fingerprint density at radius 2 is 1.33 bits per heavy atom. The van der Waals surface area contributed by atoms with E-state index >= 15 is 0 Å². The van der Waals surface area contributed by atoms with Crippen molar-refractivity contribution in [1.82, 2.24) is 0 Å². The molecule has 1 aliphatic heterocycles. The van der Waals surface area contributed by atoms with Crippen LogP contribution in [0.15, 0.2) is 103 Å². The molecule has 0 amide bonds. The first-order chi connectivity index (χ1) is 16.2. The van der Waals surface area contributed by atoms with Crippen molar-refractivity contribution in [3.63, 3.8) is 0 Å². The van der Waals surface area contributed by atoms with Crippen molar-refractivity contribution >= 4 is 11.5 Å². The molecule has 33 heavy (non-hydrogen) atoms. The summed E-state index contributed by atoms with van der Waals surface area (Å²) < 4.78 is 2.54. The molecule has 1 fully saturated rings. The Morgan fingerprint density at radius 1 is 0.758 bits per heavy atom. The van der Waals surface area contributed by atoms with Crippen molar-refractivity contribution < 1.29 is 9.37 Å². The number of rotatable bonds is 5. The van der Waals surface area contributed by atoms with E-state index in [0.29, 0.717) is 6.04 Å². The third-order valence-corrected chi connectivity index (χ3v) is 7.38. The molecule has 5 rings (SSSR count). The molecule has 2 heteroatoms. The molecule has 0 N–H and O–H groups in total. The minimum atomic E-state index is -0.156. The summed E-state index contributed by atoms with van der Waals surface area (Å²) in [5, 5.41) is 0. The zero-order chi connectivity index (χ0) is 22.6. The second kappa shape index (κ2) is 9.70. The molecule has 0 radical (unpaired) electrons. The number of hydrogen-bond donors (Lipinski definition) is 0. The molecule has 3 aromatic rings. The normalized spacial score (nSPS) is 21.8. The molecule has 1 aliphatic carbocycles. The number of nitrogens with zero attached hydrogens (tertiary/aromatic N) is 1. The van der Waals surface area contributed by atoms with E-state index in [1.165, 1.54) is 48.9 Å². The van der Waals surface area contributed by atoms with Crippen LogP contribution in [-0.4, -0.2) is 28.7 Å². The van der Waals surface area contributed by atoms with Gasteiger partial charge >= 0.3 is 0 Å². The van der Waals surface area contributed by atoms with Crippen LogP contribution in [0.3, 0.4) is 0 Å². The van der Waals surface area contributed by atoms with Crippen LogP contribution in [-0.2, 0) is 0 Å². The molecule has 166 valence electrons. The summed E-state index contributed by atoms with van der Waals surface area (Å²) >= 11 is 0. The lowest BCUT2D eigenvalue weighted by Crippen LogP contribution is -2.46. The van der Waals surface area contributed by atoms with Gasteiger partial charge in [-0.25, -0.2) is 4.58 Å². The van der Waals surface area contributed by atoms with Gasteiger partial charge in [-0.1, -0.05) is 91.9 Å². The number of ketones is 1. The smallest absolute Gasteiger partial charge is 0.210 e. The van der Waals surface area contributed by atoms with Gasteiger partial charge in [0.05, 0.1) is 5.92 Å². The minimum absolute atomic E-state index is 0.0334. The summed E-state index contributed by atoms with van der Waals surface area (Å²) in [7, 11) is 0. The number of carbonyl (C=O) groups is 1. The van der Waals surface area contributed by atoms with E-state index < -0.39 is 0 Å². The minimum Gasteiger partial charge on any atom is -0.294 e. The van der Waals surface area contributed by atoms with Gasteiger partial charge < -0.3 is 0 Å². The Hall–Kier alpha value is -3.26. The number of allylic oxidation sites excluding steroid dienone is 1. The maximum Gasteiger partial charge on any atom is 0.210 e. The van der Waals surface area contributed by atoms with Gasteiger partial charge in [-0.2, -0.15) is 0 Å². The standard InChI is InChI=1S/C31H32NO/c1-23-29(24-14-6-2-7-15-24)28(31(33)26-18-10-4-11-19-26)22-32(27-20-12-5-13-21-27)30(23)25-16-8-3-9-17-25/h2-4,6-11,14-19,27-29H,1,5,12-13,20-22H2/q+1/t28-,29+/m1/s1. The molecule has 0 saturated heterocycles. The Morgan fingerprint density at radius 3 is 1.97 bits per heavy atom. The quantitative estimate of drug-likeness (QED) is 0.324. The molecule has 0 unspecified atom stereocenters. The highest BCUT2D eigenvalue weighted by molar-refractivity contribution is 6.12. The van der Waals surface area contributed by atoms with Crippen LogP contribution in [0, 0.1) is 5.92 Å². The van der Waals surface area contributed by atoms with E-state index in [4.69, 9.17) is 0 Å². The van der Waals surface area contributed by atoms with Gasteiger partial charge in [0.2, 0.25) is 5.71 Å². The molecule has 1 saturated carbocycles. The van der Waals surface area contributed by atoms with Crippen molar-refractivity contribution in [3.8, 4) is 0 Å². The average Bonchev–Trinajstić information content (AvgIpc) is 2.89. The molecule has 1 heterocycles. The highest BCUT2D eigenvalue weighted by Gasteiger charge is 2.45. The van der Waals surface area contributed by atoms with E-state index in [1.807, 2.05) is 36.4 Å². The van der Waals surface area contributed by atoms with E-state index in [9.17, 15) is 4.79 Å². The van der Waals surface area contributed by atoms with Gasteiger partial charge in [0.1, 0.15) is 0 Å². The molecular weight excluding hydrogens is 402 g/mol. The first-order valence-electron chi connectivity index (χ1n) is 12.3. The predicted octanol–water partition coefficient (Wildman–Crippen LogP) is 6.67. The lowest BCUT2D eigenvalue weighted by atomic mass is 9.72. The third-order valence-electron chi connectivity index (χ3n) is 7.38. The van der Waals surface area contributed by atoms with Crippen LogP contribution in [0.25, 0.3) is 0 Å². The van der Waals surface area contributed by atoms with Crippen LogP contribution in [0.1, 0.15) is 59.5 Å². The van der Waals surface area contributed by atoms with Gasteiger partial charge in [0, 0.05) is 35.5 Å². The lowest BCUT2D eigenvalue weighted by Gasteiger charge is -2.35. The van der Waals surface area contributed by atoms with Crippen LogP contribution in [0.2, 0.25) is 0 Å². The SMILES string of the molecule is C=C1C(c2ccccc2)=[N+](C2CCCCC2)C[C@@H](C(=O)c2ccccc2)[C@@H]1c1ccccc1. The summed E-state index contributed by atoms with van der Waals surface area (Å²) in [5.41, 5.74) is 5.48. The predicted molar refractivity (Wildman–Crippen MR) is 135 cm³/mol. The zero-order valence-electron chi connectivity index (χ0n) is 19.2. The largest absolute Gasteiger partial charge is 0.294 e. The summed E-state index contributed by atoms with van der Waals surface area (Å²) in [6.45, 7) is 5.41. The van der Waals surface area contributed by atoms with Gasteiger partial charge in [0.25, 0.3) is 0 Å². The number of benzene rings is 3. The van der Waals surface area contributed by atoms with Gasteiger partial charge in [-0.3, -0.25) is 4.79 Å². The van der Waals surface area contributed by atoms with Crippen molar-refractivity contribution in [2.24, 2.45) is 5.92 Å². The summed E-state index contributed by atoms with van der Waals surface area (Å²) in [6.07, 6.45) is 6.20. The molecular formula is C31H32NO+. The molecule has 2 atom stereocenters. The van der Waals surface area contributed by atoms with Crippen molar-refractivity contribution in [2.75, 3.05) is 6.54 Å². The second-order valence-electron chi connectivity index (χ2n) is 9.41.